The SMILES string of the molecule is CCCCN(C)C(=O)CC(=O)NCCc1ccc(Cl)cc1Cl. The van der Waals surface area contributed by atoms with E-state index >= 15 is 0 Å². The van der Waals surface area contributed by atoms with Crippen molar-refractivity contribution < 1.29 is 9.59 Å². The van der Waals surface area contributed by atoms with Crippen molar-refractivity contribution in [2.24, 2.45) is 0 Å². The van der Waals surface area contributed by atoms with Crippen LogP contribution in [0.25, 0.3) is 0 Å². The van der Waals surface area contributed by atoms with E-state index in [2.05, 4.69) is 12.2 Å². The van der Waals surface area contributed by atoms with Crippen molar-refractivity contribution in [1.82, 2.24) is 10.2 Å². The molecule has 1 aromatic rings. The van der Waals surface area contributed by atoms with Crippen molar-refractivity contribution in [1.29, 1.82) is 0 Å². The lowest BCUT2D eigenvalue weighted by Gasteiger charge is -2.16. The lowest BCUT2D eigenvalue weighted by atomic mass is 10.1. The summed E-state index contributed by atoms with van der Waals surface area (Å²) in [5.41, 5.74) is 0.915. The van der Waals surface area contributed by atoms with Gasteiger partial charge in [0.25, 0.3) is 0 Å². The summed E-state index contributed by atoms with van der Waals surface area (Å²) in [6.45, 7) is 3.18. The van der Waals surface area contributed by atoms with Crippen LogP contribution in [0.4, 0.5) is 0 Å². The van der Waals surface area contributed by atoms with E-state index in [0.29, 0.717) is 29.6 Å². The van der Waals surface area contributed by atoms with Gasteiger partial charge in [-0.2, -0.15) is 0 Å². The van der Waals surface area contributed by atoms with Gasteiger partial charge < -0.3 is 10.2 Å². The van der Waals surface area contributed by atoms with Crippen LogP contribution in [0, 0.1) is 0 Å². The fourth-order valence-corrected chi connectivity index (χ4v) is 2.42. The first-order valence-corrected chi connectivity index (χ1v) is 8.14. The largest absolute Gasteiger partial charge is 0.355 e. The Morgan fingerprint density at radius 1 is 1.27 bits per heavy atom. The average Bonchev–Trinajstić information content (AvgIpc) is 2.46. The van der Waals surface area contributed by atoms with Gasteiger partial charge >= 0.3 is 0 Å². The van der Waals surface area contributed by atoms with E-state index in [4.69, 9.17) is 23.2 Å². The smallest absolute Gasteiger partial charge is 0.231 e. The van der Waals surface area contributed by atoms with Crippen LogP contribution in [0.15, 0.2) is 18.2 Å². The Morgan fingerprint density at radius 2 is 2.00 bits per heavy atom. The third-order valence-corrected chi connectivity index (χ3v) is 3.90. The van der Waals surface area contributed by atoms with E-state index in [1.54, 1.807) is 24.1 Å². The number of halogens is 2. The van der Waals surface area contributed by atoms with Crippen LogP contribution in [0.1, 0.15) is 31.7 Å². The Labute approximate surface area is 141 Å². The molecule has 1 aromatic carbocycles. The molecule has 1 rings (SSSR count). The second-order valence-corrected chi connectivity index (χ2v) is 6.02. The summed E-state index contributed by atoms with van der Waals surface area (Å²) in [5.74, 6) is -0.422. The fraction of sp³-hybridized carbons (Fsp3) is 0.500. The van der Waals surface area contributed by atoms with Gasteiger partial charge in [0.2, 0.25) is 11.8 Å². The number of nitrogens with one attached hydrogen (secondary N) is 1. The highest BCUT2D eigenvalue weighted by Crippen LogP contribution is 2.20. The molecule has 122 valence electrons. The lowest BCUT2D eigenvalue weighted by molar-refractivity contribution is -0.135. The summed E-state index contributed by atoms with van der Waals surface area (Å²) in [6, 6.07) is 5.27. The van der Waals surface area contributed by atoms with Crippen molar-refractivity contribution in [3.8, 4) is 0 Å². The number of nitrogens with zero attached hydrogens (tertiary/aromatic N) is 1. The molecule has 0 atom stereocenters. The minimum absolute atomic E-state index is 0.117. The zero-order chi connectivity index (χ0) is 16.5. The van der Waals surface area contributed by atoms with Crippen LogP contribution in [0.2, 0.25) is 10.0 Å². The van der Waals surface area contributed by atoms with Gasteiger partial charge in [-0.05, 0) is 30.5 Å². The summed E-state index contributed by atoms with van der Waals surface area (Å²) < 4.78 is 0. The molecule has 0 unspecified atom stereocenters. The molecule has 0 aliphatic rings. The first kappa shape index (κ1) is 18.8. The maximum atomic E-state index is 11.8. The molecule has 0 fully saturated rings. The molecule has 6 heteroatoms. The van der Waals surface area contributed by atoms with Crippen LogP contribution in [0.3, 0.4) is 0 Å². The monoisotopic (exact) mass is 344 g/mol. The Hall–Kier alpha value is -1.26. The third-order valence-electron chi connectivity index (χ3n) is 3.32. The zero-order valence-electron chi connectivity index (χ0n) is 13.0. The number of unbranched alkanes of at least 4 members (excludes halogenated alkanes) is 1. The number of hydrogen-bond acceptors (Lipinski definition) is 2. The van der Waals surface area contributed by atoms with Gasteiger partial charge in [-0.25, -0.2) is 0 Å². The standard InChI is InChI=1S/C16H22Cl2N2O2/c1-3-4-9-20(2)16(22)11-15(21)19-8-7-12-5-6-13(17)10-14(12)18/h5-6,10H,3-4,7-9,11H2,1-2H3,(H,19,21). The number of carbonyl (C=O) groups excluding carboxylic acids is 2. The van der Waals surface area contributed by atoms with Gasteiger partial charge in [0.05, 0.1) is 0 Å². The first-order valence-electron chi connectivity index (χ1n) is 7.38. The summed E-state index contributed by atoms with van der Waals surface area (Å²) in [7, 11) is 1.72. The van der Waals surface area contributed by atoms with Crippen molar-refractivity contribution in [3.63, 3.8) is 0 Å². The number of benzene rings is 1. The molecule has 0 bridgehead atoms. The molecule has 2 amide bonds. The molecular weight excluding hydrogens is 323 g/mol. The predicted octanol–water partition coefficient (Wildman–Crippen LogP) is 3.30. The van der Waals surface area contributed by atoms with E-state index in [1.165, 1.54) is 0 Å². The van der Waals surface area contributed by atoms with Crippen LogP contribution < -0.4 is 5.32 Å². The van der Waals surface area contributed by atoms with E-state index in [1.807, 2.05) is 6.07 Å². The molecule has 0 aromatic heterocycles. The molecule has 0 aliphatic carbocycles. The highest BCUT2D eigenvalue weighted by molar-refractivity contribution is 6.35. The molecule has 4 nitrogen and oxygen atoms in total. The highest BCUT2D eigenvalue weighted by Gasteiger charge is 2.13. The molecular formula is C16H22Cl2N2O2. The summed E-state index contributed by atoms with van der Waals surface area (Å²) in [5, 5.41) is 3.90. The molecule has 1 N–H and O–H groups in total. The van der Waals surface area contributed by atoms with Crippen molar-refractivity contribution in [3.05, 3.63) is 33.8 Å². The Kier molecular flexibility index (Phi) is 8.28. The Bertz CT molecular complexity index is 521. The molecule has 22 heavy (non-hydrogen) atoms. The normalized spacial score (nSPS) is 10.4. The molecule has 0 saturated heterocycles. The van der Waals surface area contributed by atoms with E-state index in [9.17, 15) is 9.59 Å². The van der Waals surface area contributed by atoms with Crippen LogP contribution in [0.5, 0.6) is 0 Å². The predicted molar refractivity (Wildman–Crippen MR) is 90.3 cm³/mol. The topological polar surface area (TPSA) is 49.4 Å². The van der Waals surface area contributed by atoms with Crippen molar-refractivity contribution in [2.45, 2.75) is 32.6 Å². The number of amides is 2. The number of carbonyl (C=O) groups is 2. The second kappa shape index (κ2) is 9.70. The average molecular weight is 345 g/mol. The van der Waals surface area contributed by atoms with Crippen LogP contribution >= 0.6 is 23.2 Å². The number of rotatable bonds is 8. The zero-order valence-corrected chi connectivity index (χ0v) is 14.5. The summed E-state index contributed by atoms with van der Waals surface area (Å²) in [4.78, 5) is 25.2. The van der Waals surface area contributed by atoms with Gasteiger partial charge in [-0.15, -0.1) is 0 Å². The maximum Gasteiger partial charge on any atom is 0.231 e. The minimum Gasteiger partial charge on any atom is -0.355 e. The van der Waals surface area contributed by atoms with Gasteiger partial charge in [-0.3, -0.25) is 9.59 Å². The Balaban J connectivity index is 2.32. The Morgan fingerprint density at radius 3 is 2.64 bits per heavy atom. The molecule has 0 spiro atoms. The van der Waals surface area contributed by atoms with Gasteiger partial charge in [0.15, 0.2) is 0 Å². The van der Waals surface area contributed by atoms with Gasteiger partial charge in [0.1, 0.15) is 6.42 Å². The molecule has 0 heterocycles. The van der Waals surface area contributed by atoms with Gasteiger partial charge in [0, 0.05) is 30.2 Å². The van der Waals surface area contributed by atoms with E-state index in [-0.39, 0.29) is 18.2 Å². The fourth-order valence-electron chi connectivity index (χ4n) is 1.92. The molecule has 0 saturated carbocycles. The van der Waals surface area contributed by atoms with Gasteiger partial charge in [-0.1, -0.05) is 42.6 Å². The van der Waals surface area contributed by atoms with E-state index < -0.39 is 0 Å². The van der Waals surface area contributed by atoms with E-state index in [0.717, 1.165) is 18.4 Å². The summed E-state index contributed by atoms with van der Waals surface area (Å²) in [6.07, 6.45) is 2.45. The van der Waals surface area contributed by atoms with Crippen molar-refractivity contribution in [2.75, 3.05) is 20.1 Å². The van der Waals surface area contributed by atoms with Crippen LogP contribution in [-0.4, -0.2) is 36.9 Å². The molecule has 0 aliphatic heterocycles. The second-order valence-electron chi connectivity index (χ2n) is 5.18. The molecule has 0 radical (unpaired) electrons. The number of hydrogen-bond donors (Lipinski definition) is 1. The third kappa shape index (κ3) is 6.67. The highest BCUT2D eigenvalue weighted by atomic mass is 35.5. The van der Waals surface area contributed by atoms with Crippen LogP contribution in [-0.2, 0) is 16.0 Å². The lowest BCUT2D eigenvalue weighted by Crippen LogP contribution is -2.34. The van der Waals surface area contributed by atoms with Crippen molar-refractivity contribution >= 4 is 35.0 Å². The minimum atomic E-state index is -0.265. The quantitative estimate of drug-likeness (QED) is 0.735. The maximum absolute atomic E-state index is 11.8. The first-order chi connectivity index (χ1) is 10.4. The summed E-state index contributed by atoms with van der Waals surface area (Å²) >= 11 is 11.9.